The zero-order valence-electron chi connectivity index (χ0n) is 15.5. The van der Waals surface area contributed by atoms with Crippen molar-refractivity contribution < 1.29 is 32.6 Å². The second-order valence-electron chi connectivity index (χ2n) is 6.75. The zero-order chi connectivity index (χ0) is 20.7. The molecule has 0 bridgehead atoms. The first-order valence-electron chi connectivity index (χ1n) is 8.92. The minimum absolute atomic E-state index is 0.136. The van der Waals surface area contributed by atoms with Crippen molar-refractivity contribution in [3.63, 3.8) is 0 Å². The average Bonchev–Trinajstić information content (AvgIpc) is 2.61. The van der Waals surface area contributed by atoms with E-state index in [0.29, 0.717) is 25.2 Å². The number of carbonyl (C=O) groups is 2. The van der Waals surface area contributed by atoms with Crippen molar-refractivity contribution in [2.75, 3.05) is 33.2 Å². The summed E-state index contributed by atoms with van der Waals surface area (Å²) in [5.74, 6) is -0.469. The summed E-state index contributed by atoms with van der Waals surface area (Å²) >= 11 is 0. The molecule has 1 aromatic rings. The summed E-state index contributed by atoms with van der Waals surface area (Å²) in [6.07, 6.45) is -4.36. The van der Waals surface area contributed by atoms with Crippen LogP contribution in [0.4, 0.5) is 18.0 Å². The number of amides is 2. The third kappa shape index (κ3) is 7.26. The number of halogens is 3. The highest BCUT2D eigenvalue weighted by molar-refractivity contribution is 5.81. The number of nitrogens with zero attached hydrogens (tertiary/aromatic N) is 2. The van der Waals surface area contributed by atoms with Crippen LogP contribution in [0.3, 0.4) is 0 Å². The van der Waals surface area contributed by atoms with Gasteiger partial charge in [0, 0.05) is 20.1 Å². The molecule has 2 rings (SSSR count). The predicted molar refractivity (Wildman–Crippen MR) is 94.8 cm³/mol. The molecular weight excluding hydrogens is 379 g/mol. The number of hydrogen-bond donors (Lipinski definition) is 2. The summed E-state index contributed by atoms with van der Waals surface area (Å²) in [7, 11) is 1.45. The van der Waals surface area contributed by atoms with Crippen LogP contribution in [-0.2, 0) is 11.3 Å². The highest BCUT2D eigenvalue weighted by atomic mass is 19.4. The molecule has 28 heavy (non-hydrogen) atoms. The SMILES string of the molecule is CNC(=O)CN(CC1CCN(Cc2cccc(OC(F)(F)F)c2)CC1)C(=O)O. The highest BCUT2D eigenvalue weighted by Gasteiger charge is 2.31. The van der Waals surface area contributed by atoms with Gasteiger partial charge in [-0.25, -0.2) is 4.79 Å². The fourth-order valence-electron chi connectivity index (χ4n) is 3.20. The van der Waals surface area contributed by atoms with E-state index < -0.39 is 12.5 Å². The average molecular weight is 403 g/mol. The molecule has 0 aliphatic carbocycles. The number of benzene rings is 1. The lowest BCUT2D eigenvalue weighted by Gasteiger charge is -2.34. The quantitative estimate of drug-likeness (QED) is 0.731. The molecule has 0 unspecified atom stereocenters. The van der Waals surface area contributed by atoms with Gasteiger partial charge >= 0.3 is 12.5 Å². The molecule has 1 saturated heterocycles. The molecule has 1 aliphatic heterocycles. The van der Waals surface area contributed by atoms with E-state index in [4.69, 9.17) is 0 Å². The second kappa shape index (κ2) is 9.63. The van der Waals surface area contributed by atoms with Crippen LogP contribution >= 0.6 is 0 Å². The Balaban J connectivity index is 1.84. The fourth-order valence-corrected chi connectivity index (χ4v) is 3.20. The van der Waals surface area contributed by atoms with E-state index in [1.54, 1.807) is 6.07 Å². The molecule has 1 aliphatic rings. The van der Waals surface area contributed by atoms with E-state index in [1.165, 1.54) is 25.2 Å². The number of likely N-dealkylation sites (tertiary alicyclic amines) is 1. The van der Waals surface area contributed by atoms with Gasteiger partial charge in [0.05, 0.1) is 0 Å². The largest absolute Gasteiger partial charge is 0.573 e. The van der Waals surface area contributed by atoms with Gasteiger partial charge in [0.15, 0.2) is 0 Å². The molecule has 0 atom stereocenters. The normalized spacial score (nSPS) is 15.9. The molecule has 10 heteroatoms. The summed E-state index contributed by atoms with van der Waals surface area (Å²) in [6.45, 7) is 1.97. The molecular formula is C18H24F3N3O4. The van der Waals surface area contributed by atoms with Crippen LogP contribution in [0.2, 0.25) is 0 Å². The van der Waals surface area contributed by atoms with Gasteiger partial charge in [0.2, 0.25) is 5.91 Å². The Kier molecular flexibility index (Phi) is 7.50. The summed E-state index contributed by atoms with van der Waals surface area (Å²) in [4.78, 5) is 26.0. The molecule has 0 radical (unpaired) electrons. The van der Waals surface area contributed by atoms with Crippen molar-refractivity contribution in [3.8, 4) is 5.75 Å². The molecule has 2 N–H and O–H groups in total. The Hall–Kier alpha value is -2.49. The first-order valence-corrected chi connectivity index (χ1v) is 8.92. The standard InChI is InChI=1S/C18H24F3N3O4/c1-22-16(25)12-24(17(26)27)11-13-5-7-23(8-6-13)10-14-3-2-4-15(9-14)28-18(19,20)21/h2-4,9,13H,5-8,10-12H2,1H3,(H,22,25)(H,26,27). The van der Waals surface area contributed by atoms with Gasteiger partial charge < -0.3 is 15.2 Å². The van der Waals surface area contributed by atoms with Gasteiger partial charge in [-0.15, -0.1) is 13.2 Å². The van der Waals surface area contributed by atoms with Gasteiger partial charge in [0.1, 0.15) is 12.3 Å². The van der Waals surface area contributed by atoms with Crippen LogP contribution in [0.15, 0.2) is 24.3 Å². The molecule has 156 valence electrons. The number of carbonyl (C=O) groups excluding carboxylic acids is 1. The van der Waals surface area contributed by atoms with E-state index in [2.05, 4.69) is 15.0 Å². The lowest BCUT2D eigenvalue weighted by atomic mass is 9.96. The highest BCUT2D eigenvalue weighted by Crippen LogP contribution is 2.25. The Morgan fingerprint density at radius 3 is 2.57 bits per heavy atom. The number of ether oxygens (including phenoxy) is 1. The van der Waals surface area contributed by atoms with Crippen molar-refractivity contribution in [2.24, 2.45) is 5.92 Å². The molecule has 1 fully saturated rings. The van der Waals surface area contributed by atoms with Crippen LogP contribution in [0.5, 0.6) is 5.75 Å². The number of rotatable bonds is 7. The third-order valence-electron chi connectivity index (χ3n) is 4.61. The Labute approximate surface area is 161 Å². The number of likely N-dealkylation sites (N-methyl/N-ethyl adjacent to an activating group) is 1. The van der Waals surface area contributed by atoms with E-state index in [0.717, 1.165) is 17.7 Å². The van der Waals surface area contributed by atoms with Crippen molar-refractivity contribution in [3.05, 3.63) is 29.8 Å². The van der Waals surface area contributed by atoms with Crippen LogP contribution in [0, 0.1) is 5.92 Å². The predicted octanol–water partition coefficient (Wildman–Crippen LogP) is 2.52. The van der Waals surface area contributed by atoms with E-state index >= 15 is 0 Å². The van der Waals surface area contributed by atoms with Crippen LogP contribution in [0.25, 0.3) is 0 Å². The summed E-state index contributed by atoms with van der Waals surface area (Å²) in [6, 6.07) is 5.89. The number of hydrogen-bond acceptors (Lipinski definition) is 4. The molecule has 1 aromatic carbocycles. The monoisotopic (exact) mass is 403 g/mol. The number of piperidine rings is 1. The summed E-state index contributed by atoms with van der Waals surface area (Å²) in [5, 5.41) is 11.7. The van der Waals surface area contributed by atoms with Gasteiger partial charge in [0.25, 0.3) is 0 Å². The lowest BCUT2D eigenvalue weighted by molar-refractivity contribution is -0.274. The summed E-state index contributed by atoms with van der Waals surface area (Å²) in [5.41, 5.74) is 0.715. The maximum absolute atomic E-state index is 12.3. The van der Waals surface area contributed by atoms with Gasteiger partial charge in [-0.3, -0.25) is 14.6 Å². The van der Waals surface area contributed by atoms with E-state index in [9.17, 15) is 27.9 Å². The topological polar surface area (TPSA) is 82.1 Å². The molecule has 0 saturated carbocycles. The second-order valence-corrected chi connectivity index (χ2v) is 6.75. The van der Waals surface area contributed by atoms with Crippen LogP contribution in [-0.4, -0.2) is 66.5 Å². The first kappa shape index (κ1) is 21.8. The summed E-state index contributed by atoms with van der Waals surface area (Å²) < 4.78 is 40.9. The van der Waals surface area contributed by atoms with Crippen LogP contribution in [0.1, 0.15) is 18.4 Å². The van der Waals surface area contributed by atoms with E-state index in [1.807, 2.05) is 0 Å². The number of carboxylic acid groups (broad SMARTS) is 1. The molecule has 2 amide bonds. The van der Waals surface area contributed by atoms with Crippen molar-refractivity contribution in [1.29, 1.82) is 0 Å². The van der Waals surface area contributed by atoms with Crippen LogP contribution < -0.4 is 10.1 Å². The Bertz CT molecular complexity index is 676. The van der Waals surface area contributed by atoms with Crippen molar-refractivity contribution in [2.45, 2.75) is 25.7 Å². The number of nitrogens with one attached hydrogen (secondary N) is 1. The van der Waals surface area contributed by atoms with Crippen molar-refractivity contribution >= 4 is 12.0 Å². The Morgan fingerprint density at radius 2 is 2.00 bits per heavy atom. The first-order chi connectivity index (χ1) is 13.2. The minimum Gasteiger partial charge on any atom is -0.465 e. The Morgan fingerprint density at radius 1 is 1.32 bits per heavy atom. The zero-order valence-corrected chi connectivity index (χ0v) is 15.5. The molecule has 0 spiro atoms. The fraction of sp³-hybridized carbons (Fsp3) is 0.556. The van der Waals surface area contributed by atoms with Gasteiger partial charge in [-0.05, 0) is 49.5 Å². The van der Waals surface area contributed by atoms with Crippen molar-refractivity contribution in [1.82, 2.24) is 15.1 Å². The third-order valence-corrected chi connectivity index (χ3v) is 4.61. The molecule has 7 nitrogen and oxygen atoms in total. The lowest BCUT2D eigenvalue weighted by Crippen LogP contribution is -2.44. The maximum Gasteiger partial charge on any atom is 0.573 e. The number of alkyl halides is 3. The smallest absolute Gasteiger partial charge is 0.465 e. The van der Waals surface area contributed by atoms with Gasteiger partial charge in [-0.1, -0.05) is 12.1 Å². The minimum atomic E-state index is -4.72. The van der Waals surface area contributed by atoms with E-state index in [-0.39, 0.29) is 30.7 Å². The molecule has 0 aromatic heterocycles. The molecule has 1 heterocycles. The van der Waals surface area contributed by atoms with Gasteiger partial charge in [-0.2, -0.15) is 0 Å². The maximum atomic E-state index is 12.3.